The highest BCUT2D eigenvalue weighted by Gasteiger charge is 2.09. The fraction of sp³-hybridized carbons (Fsp3) is 0.100. The van der Waals surface area contributed by atoms with Crippen LogP contribution in [0.3, 0.4) is 0 Å². The van der Waals surface area contributed by atoms with Gasteiger partial charge in [-0.3, -0.25) is 9.59 Å². The molecule has 2 aromatic carbocycles. The van der Waals surface area contributed by atoms with Crippen LogP contribution in [0.4, 0.5) is 11.4 Å². The van der Waals surface area contributed by atoms with Gasteiger partial charge < -0.3 is 19.8 Å². The monoisotopic (exact) mass is 384 g/mol. The quantitative estimate of drug-likeness (QED) is 0.655. The van der Waals surface area contributed by atoms with E-state index in [4.69, 9.17) is 20.8 Å². The molecule has 3 aromatic rings. The normalized spacial score (nSPS) is 10.3. The Kier molecular flexibility index (Phi) is 5.78. The number of carbonyl (C=O) groups is 2. The number of rotatable bonds is 6. The first-order valence-electron chi connectivity index (χ1n) is 8.15. The van der Waals surface area contributed by atoms with Crippen LogP contribution in [0, 0.1) is 6.92 Å². The summed E-state index contributed by atoms with van der Waals surface area (Å²) in [5, 5.41) is 6.05. The first-order valence-corrected chi connectivity index (χ1v) is 8.53. The number of hydrogen-bond donors (Lipinski definition) is 2. The van der Waals surface area contributed by atoms with Crippen molar-refractivity contribution in [3.8, 4) is 5.75 Å². The number of benzene rings is 2. The molecule has 138 valence electrons. The second-order valence-electron chi connectivity index (χ2n) is 5.76. The number of amides is 2. The molecule has 3 rings (SSSR count). The number of furan rings is 1. The third-order valence-electron chi connectivity index (χ3n) is 3.67. The second kappa shape index (κ2) is 8.42. The van der Waals surface area contributed by atoms with Gasteiger partial charge in [-0.1, -0.05) is 11.6 Å². The van der Waals surface area contributed by atoms with E-state index in [0.29, 0.717) is 22.1 Å². The lowest BCUT2D eigenvalue weighted by Crippen LogP contribution is -2.20. The molecular weight excluding hydrogens is 368 g/mol. The van der Waals surface area contributed by atoms with Gasteiger partial charge in [-0.2, -0.15) is 0 Å². The molecule has 2 N–H and O–H groups in total. The molecule has 0 aliphatic heterocycles. The zero-order chi connectivity index (χ0) is 19.2. The zero-order valence-electron chi connectivity index (χ0n) is 14.5. The summed E-state index contributed by atoms with van der Waals surface area (Å²) >= 11 is 5.89. The predicted molar refractivity (Wildman–Crippen MR) is 103 cm³/mol. The minimum absolute atomic E-state index is 0.126. The van der Waals surface area contributed by atoms with Gasteiger partial charge in [-0.25, -0.2) is 0 Å². The first kappa shape index (κ1) is 18.5. The molecule has 7 heteroatoms. The Morgan fingerprint density at radius 3 is 2.37 bits per heavy atom. The van der Waals surface area contributed by atoms with Crippen LogP contribution in [0.2, 0.25) is 5.02 Å². The number of halogens is 1. The van der Waals surface area contributed by atoms with E-state index in [0.717, 1.165) is 5.56 Å². The maximum absolute atomic E-state index is 12.0. The number of ether oxygens (including phenoxy) is 1. The second-order valence-corrected chi connectivity index (χ2v) is 6.19. The molecule has 0 radical (unpaired) electrons. The van der Waals surface area contributed by atoms with Crippen molar-refractivity contribution in [2.75, 3.05) is 17.2 Å². The van der Waals surface area contributed by atoms with Gasteiger partial charge in [-0.05, 0) is 67.1 Å². The fourth-order valence-corrected chi connectivity index (χ4v) is 2.58. The van der Waals surface area contributed by atoms with Crippen molar-refractivity contribution in [1.82, 2.24) is 0 Å². The molecule has 0 atom stereocenters. The number of carbonyl (C=O) groups excluding carboxylic acids is 2. The standard InChI is InChI=1S/C20H17ClN2O4/c1-13-11-14(21)4-9-17(13)27-12-19(24)22-15-5-7-16(8-6-15)23-20(25)18-3-2-10-26-18/h2-11H,12H2,1H3,(H,22,24)(H,23,25). The highest BCUT2D eigenvalue weighted by Crippen LogP contribution is 2.22. The van der Waals surface area contributed by atoms with Crippen LogP contribution in [-0.4, -0.2) is 18.4 Å². The zero-order valence-corrected chi connectivity index (χ0v) is 15.2. The van der Waals surface area contributed by atoms with Gasteiger partial charge in [0.1, 0.15) is 5.75 Å². The van der Waals surface area contributed by atoms with E-state index in [1.807, 2.05) is 6.92 Å². The van der Waals surface area contributed by atoms with E-state index in [2.05, 4.69) is 10.6 Å². The average molecular weight is 385 g/mol. The number of anilines is 2. The summed E-state index contributed by atoms with van der Waals surface area (Å²) in [5.41, 5.74) is 2.03. The predicted octanol–water partition coefficient (Wildman–Crippen LogP) is 4.51. The molecule has 0 fully saturated rings. The Morgan fingerprint density at radius 2 is 1.74 bits per heavy atom. The first-order chi connectivity index (χ1) is 13.0. The van der Waals surface area contributed by atoms with Gasteiger partial charge in [0.15, 0.2) is 12.4 Å². The Hall–Kier alpha value is -3.25. The van der Waals surface area contributed by atoms with Crippen LogP contribution >= 0.6 is 11.6 Å². The van der Waals surface area contributed by atoms with Crippen molar-refractivity contribution in [3.05, 3.63) is 77.2 Å². The third-order valence-corrected chi connectivity index (χ3v) is 3.90. The average Bonchev–Trinajstić information content (AvgIpc) is 3.17. The fourth-order valence-electron chi connectivity index (χ4n) is 2.35. The Bertz CT molecular complexity index is 937. The molecule has 6 nitrogen and oxygen atoms in total. The summed E-state index contributed by atoms with van der Waals surface area (Å²) in [4.78, 5) is 23.9. The summed E-state index contributed by atoms with van der Waals surface area (Å²) in [6.07, 6.45) is 1.43. The van der Waals surface area contributed by atoms with Gasteiger partial charge in [0.25, 0.3) is 11.8 Å². The third kappa shape index (κ3) is 5.12. The van der Waals surface area contributed by atoms with Gasteiger partial charge in [-0.15, -0.1) is 0 Å². The van der Waals surface area contributed by atoms with Crippen molar-refractivity contribution in [3.63, 3.8) is 0 Å². The van der Waals surface area contributed by atoms with Gasteiger partial charge in [0.2, 0.25) is 0 Å². The van der Waals surface area contributed by atoms with Crippen molar-refractivity contribution in [1.29, 1.82) is 0 Å². The highest BCUT2D eigenvalue weighted by atomic mass is 35.5. The molecule has 0 unspecified atom stereocenters. The molecule has 0 spiro atoms. The molecule has 0 saturated heterocycles. The van der Waals surface area contributed by atoms with Gasteiger partial charge in [0, 0.05) is 16.4 Å². The lowest BCUT2D eigenvalue weighted by Gasteiger charge is -2.10. The number of hydrogen-bond acceptors (Lipinski definition) is 4. The summed E-state index contributed by atoms with van der Waals surface area (Å²) in [6, 6.07) is 15.1. The van der Waals surface area contributed by atoms with Crippen molar-refractivity contribution >= 4 is 34.8 Å². The highest BCUT2D eigenvalue weighted by molar-refractivity contribution is 6.30. The maximum atomic E-state index is 12.0. The maximum Gasteiger partial charge on any atom is 0.291 e. The van der Waals surface area contributed by atoms with E-state index in [1.54, 1.807) is 54.6 Å². The Labute approximate surface area is 161 Å². The summed E-state index contributed by atoms with van der Waals surface area (Å²) < 4.78 is 10.5. The SMILES string of the molecule is Cc1cc(Cl)ccc1OCC(=O)Nc1ccc(NC(=O)c2ccco2)cc1. The van der Waals surface area contributed by atoms with Crippen molar-refractivity contribution < 1.29 is 18.7 Å². The van der Waals surface area contributed by atoms with E-state index in [9.17, 15) is 9.59 Å². The molecule has 1 heterocycles. The van der Waals surface area contributed by atoms with Crippen LogP contribution in [0.25, 0.3) is 0 Å². The van der Waals surface area contributed by atoms with E-state index in [-0.39, 0.29) is 24.2 Å². The van der Waals surface area contributed by atoms with Gasteiger partial charge in [0.05, 0.1) is 6.26 Å². The molecule has 1 aromatic heterocycles. The Morgan fingerprint density at radius 1 is 1.04 bits per heavy atom. The molecule has 0 bridgehead atoms. The molecule has 0 aliphatic carbocycles. The minimum Gasteiger partial charge on any atom is -0.483 e. The van der Waals surface area contributed by atoms with Crippen LogP contribution in [0.5, 0.6) is 5.75 Å². The molecular formula is C20H17ClN2O4. The Balaban J connectivity index is 1.51. The van der Waals surface area contributed by atoms with Gasteiger partial charge >= 0.3 is 0 Å². The number of aryl methyl sites for hydroxylation is 1. The van der Waals surface area contributed by atoms with E-state index < -0.39 is 0 Å². The van der Waals surface area contributed by atoms with E-state index >= 15 is 0 Å². The molecule has 27 heavy (non-hydrogen) atoms. The molecule has 0 saturated carbocycles. The van der Waals surface area contributed by atoms with E-state index in [1.165, 1.54) is 6.26 Å². The summed E-state index contributed by atoms with van der Waals surface area (Å²) in [7, 11) is 0. The van der Waals surface area contributed by atoms with Crippen LogP contribution < -0.4 is 15.4 Å². The van der Waals surface area contributed by atoms with Crippen molar-refractivity contribution in [2.45, 2.75) is 6.92 Å². The topological polar surface area (TPSA) is 80.6 Å². The summed E-state index contributed by atoms with van der Waals surface area (Å²) in [6.45, 7) is 1.73. The van der Waals surface area contributed by atoms with Crippen LogP contribution in [-0.2, 0) is 4.79 Å². The van der Waals surface area contributed by atoms with Crippen LogP contribution in [0.15, 0.2) is 65.3 Å². The molecule has 2 amide bonds. The lowest BCUT2D eigenvalue weighted by atomic mass is 10.2. The summed E-state index contributed by atoms with van der Waals surface area (Å²) in [5.74, 6) is 0.188. The minimum atomic E-state index is -0.344. The molecule has 0 aliphatic rings. The van der Waals surface area contributed by atoms with Crippen molar-refractivity contribution in [2.24, 2.45) is 0 Å². The van der Waals surface area contributed by atoms with Crippen LogP contribution in [0.1, 0.15) is 16.1 Å². The number of nitrogens with one attached hydrogen (secondary N) is 2. The lowest BCUT2D eigenvalue weighted by molar-refractivity contribution is -0.118. The largest absolute Gasteiger partial charge is 0.483 e. The smallest absolute Gasteiger partial charge is 0.291 e.